The van der Waals surface area contributed by atoms with Gasteiger partial charge in [0.05, 0.1) is 0 Å². The van der Waals surface area contributed by atoms with Crippen molar-refractivity contribution in [2.24, 2.45) is 0 Å². The summed E-state index contributed by atoms with van der Waals surface area (Å²) in [6.07, 6.45) is 2.81. The summed E-state index contributed by atoms with van der Waals surface area (Å²) in [5.41, 5.74) is 2.66. The summed E-state index contributed by atoms with van der Waals surface area (Å²) in [5, 5.41) is 16.7. The van der Waals surface area contributed by atoms with Gasteiger partial charge in [0.25, 0.3) is 0 Å². The maximum absolute atomic E-state index is 7.48. The topological polar surface area (TPSA) is 59.6 Å². The number of nitrogens with one attached hydrogen (secondary N) is 1. The molecule has 0 aliphatic carbocycles. The second kappa shape index (κ2) is 6.69. The van der Waals surface area contributed by atoms with Crippen LogP contribution in [0.5, 0.6) is 0 Å². The molecule has 0 radical (unpaired) electrons. The fraction of sp³-hybridized carbons (Fsp3) is 0.200. The Bertz CT molecular complexity index is 281. The first-order valence-electron chi connectivity index (χ1n) is 3.77. The zero-order valence-corrected chi connectivity index (χ0v) is 7.70. The minimum atomic E-state index is 1.33. The van der Waals surface area contributed by atoms with E-state index >= 15 is 0 Å². The van der Waals surface area contributed by atoms with Crippen molar-refractivity contribution >= 4 is 0 Å². The number of hydrogen-bond acceptors (Lipinski definition) is 3. The summed E-state index contributed by atoms with van der Waals surface area (Å²) < 4.78 is 0. The molecule has 1 rings (SSSR count). The molecule has 3 nitrogen and oxygen atoms in total. The lowest BCUT2D eigenvalue weighted by Crippen LogP contribution is -1.88. The lowest BCUT2D eigenvalue weighted by Gasteiger charge is -1.90. The second-order valence-electron chi connectivity index (χ2n) is 2.50. The summed E-state index contributed by atoms with van der Waals surface area (Å²) in [6.45, 7) is 4.19. The van der Waals surface area contributed by atoms with Crippen molar-refractivity contribution in [3.8, 4) is 12.4 Å². The van der Waals surface area contributed by atoms with Crippen LogP contribution in [0.4, 0.5) is 0 Å². The fourth-order valence-electron chi connectivity index (χ4n) is 0.662. The minimum Gasteiger partial charge on any atom is -0.229 e. The molecule has 0 aromatic heterocycles. The molecule has 0 heterocycles. The van der Waals surface area contributed by atoms with Crippen LogP contribution in [0.15, 0.2) is 24.3 Å². The van der Waals surface area contributed by atoms with Gasteiger partial charge in [0.2, 0.25) is 0 Å². The van der Waals surface area contributed by atoms with E-state index in [1.165, 1.54) is 23.5 Å². The van der Waals surface area contributed by atoms with Crippen molar-refractivity contribution in [3.63, 3.8) is 0 Å². The molecule has 0 unspecified atom stereocenters. The van der Waals surface area contributed by atoms with Gasteiger partial charge in [-0.3, -0.25) is 0 Å². The van der Waals surface area contributed by atoms with Gasteiger partial charge in [-0.05, 0) is 13.8 Å². The normalized spacial score (nSPS) is 7.08. The van der Waals surface area contributed by atoms with Crippen LogP contribution in [0, 0.1) is 36.8 Å². The largest absolute Gasteiger partial charge is 0.229 e. The number of rotatable bonds is 0. The zero-order valence-electron chi connectivity index (χ0n) is 7.70. The van der Waals surface area contributed by atoms with Gasteiger partial charge in [0, 0.05) is 0 Å². The number of hydrogen-bond donors (Lipinski definition) is 1. The first-order chi connectivity index (χ1) is 6.20. The zero-order chi connectivity index (χ0) is 10.1. The molecule has 0 aliphatic rings. The molecule has 0 fully saturated rings. The monoisotopic (exact) mass is 173 g/mol. The van der Waals surface area contributed by atoms with E-state index in [0.717, 1.165) is 0 Å². The molecule has 1 aromatic carbocycles. The highest BCUT2D eigenvalue weighted by Crippen LogP contribution is 1.99. The summed E-state index contributed by atoms with van der Waals surface area (Å²) in [7, 11) is 0. The molecule has 0 bridgehead atoms. The van der Waals surface area contributed by atoms with Crippen LogP contribution in [-0.2, 0) is 0 Å². The average molecular weight is 173 g/mol. The lowest BCUT2D eigenvalue weighted by atomic mass is 10.2. The molecular weight excluding hydrogens is 162 g/mol. The Kier molecular flexibility index (Phi) is 5.66. The third-order valence-corrected chi connectivity index (χ3v) is 1.33. The van der Waals surface area contributed by atoms with E-state index in [2.05, 4.69) is 38.1 Å². The summed E-state index contributed by atoms with van der Waals surface area (Å²) in [4.78, 5) is 0. The van der Waals surface area contributed by atoms with Crippen LogP contribution in [0.2, 0.25) is 0 Å². The highest BCUT2D eigenvalue weighted by Gasteiger charge is 1.79. The van der Waals surface area contributed by atoms with Gasteiger partial charge >= 0.3 is 0 Å². The van der Waals surface area contributed by atoms with E-state index in [1.807, 2.05) is 0 Å². The quantitative estimate of drug-likeness (QED) is 0.481. The molecule has 0 spiro atoms. The van der Waals surface area contributed by atoms with Crippen LogP contribution in [-0.4, -0.2) is 0 Å². The van der Waals surface area contributed by atoms with Crippen molar-refractivity contribution in [1.29, 1.82) is 10.5 Å². The Labute approximate surface area is 78.2 Å². The lowest BCUT2D eigenvalue weighted by molar-refractivity contribution is 1.20. The summed E-state index contributed by atoms with van der Waals surface area (Å²) >= 11 is 0. The van der Waals surface area contributed by atoms with E-state index in [1.54, 1.807) is 5.32 Å². The van der Waals surface area contributed by atoms with Crippen molar-refractivity contribution in [2.45, 2.75) is 13.8 Å². The molecular formula is C10H11N3. The van der Waals surface area contributed by atoms with Gasteiger partial charge in [-0.25, -0.2) is 5.32 Å². The Morgan fingerprint density at radius 2 is 1.23 bits per heavy atom. The van der Waals surface area contributed by atoms with E-state index in [9.17, 15) is 0 Å². The molecule has 1 aromatic rings. The Hall–Kier alpha value is -2.00. The number of nitrogens with zero attached hydrogens (tertiary/aromatic N) is 2. The standard InChI is InChI=1S/C8H10.C2HN3/c1-7-3-5-8(2)6-4-7;3-1-5-2-4/h3-6H,1-2H3;5H. The van der Waals surface area contributed by atoms with Crippen LogP contribution in [0.3, 0.4) is 0 Å². The smallest absolute Gasteiger partial charge is 0.190 e. The molecule has 0 saturated heterocycles. The van der Waals surface area contributed by atoms with E-state index < -0.39 is 0 Å². The Morgan fingerprint density at radius 3 is 1.38 bits per heavy atom. The number of nitriles is 2. The Morgan fingerprint density at radius 1 is 0.923 bits per heavy atom. The third kappa shape index (κ3) is 6.40. The minimum absolute atomic E-state index is 1.33. The van der Waals surface area contributed by atoms with Gasteiger partial charge < -0.3 is 0 Å². The molecule has 0 atom stereocenters. The Balaban J connectivity index is 0.000000252. The van der Waals surface area contributed by atoms with Gasteiger partial charge in [-0.1, -0.05) is 35.4 Å². The molecule has 0 amide bonds. The maximum atomic E-state index is 7.48. The maximum Gasteiger partial charge on any atom is 0.190 e. The number of benzene rings is 1. The average Bonchev–Trinajstić information content (AvgIpc) is 2.13. The van der Waals surface area contributed by atoms with Crippen LogP contribution in [0.25, 0.3) is 0 Å². The summed E-state index contributed by atoms with van der Waals surface area (Å²) in [6, 6.07) is 8.48. The van der Waals surface area contributed by atoms with Gasteiger partial charge in [-0.15, -0.1) is 0 Å². The third-order valence-electron chi connectivity index (χ3n) is 1.33. The predicted molar refractivity (Wildman–Crippen MR) is 50.3 cm³/mol. The van der Waals surface area contributed by atoms with Gasteiger partial charge in [0.1, 0.15) is 0 Å². The predicted octanol–water partition coefficient (Wildman–Crippen LogP) is 1.84. The van der Waals surface area contributed by atoms with Crippen LogP contribution >= 0.6 is 0 Å². The highest BCUT2D eigenvalue weighted by molar-refractivity contribution is 5.19. The van der Waals surface area contributed by atoms with E-state index in [0.29, 0.717) is 0 Å². The van der Waals surface area contributed by atoms with Crippen molar-refractivity contribution in [2.75, 3.05) is 0 Å². The van der Waals surface area contributed by atoms with Gasteiger partial charge in [0.15, 0.2) is 12.4 Å². The molecule has 66 valence electrons. The van der Waals surface area contributed by atoms with E-state index in [4.69, 9.17) is 10.5 Å². The molecule has 0 aliphatic heterocycles. The first-order valence-corrected chi connectivity index (χ1v) is 3.77. The van der Waals surface area contributed by atoms with Crippen molar-refractivity contribution in [3.05, 3.63) is 35.4 Å². The fourth-order valence-corrected chi connectivity index (χ4v) is 0.662. The number of aryl methyl sites for hydroxylation is 2. The van der Waals surface area contributed by atoms with Gasteiger partial charge in [-0.2, -0.15) is 10.5 Å². The highest BCUT2D eigenvalue weighted by atomic mass is 14.8. The molecule has 0 saturated carbocycles. The van der Waals surface area contributed by atoms with Crippen molar-refractivity contribution < 1.29 is 0 Å². The van der Waals surface area contributed by atoms with Crippen LogP contribution in [0.1, 0.15) is 11.1 Å². The SMILES string of the molecule is Cc1ccc(C)cc1.N#CNC#N. The second-order valence-corrected chi connectivity index (χ2v) is 2.50. The first kappa shape index (κ1) is 11.0. The summed E-state index contributed by atoms with van der Waals surface area (Å²) in [5.74, 6) is 0. The molecule has 13 heavy (non-hydrogen) atoms. The van der Waals surface area contributed by atoms with Crippen LogP contribution < -0.4 is 5.32 Å². The molecule has 1 N–H and O–H groups in total. The molecule has 3 heteroatoms. The van der Waals surface area contributed by atoms with Crippen molar-refractivity contribution in [1.82, 2.24) is 5.32 Å². The van der Waals surface area contributed by atoms with E-state index in [-0.39, 0.29) is 0 Å².